The summed E-state index contributed by atoms with van der Waals surface area (Å²) in [6.07, 6.45) is 3.14. The zero-order valence-electron chi connectivity index (χ0n) is 6.19. The van der Waals surface area contributed by atoms with Crippen molar-refractivity contribution in [2.75, 3.05) is 12.8 Å². The molecular formula is C7H9N3O. The van der Waals surface area contributed by atoms with Gasteiger partial charge in [-0.05, 0) is 12.1 Å². The van der Waals surface area contributed by atoms with Crippen LogP contribution < -0.4 is 5.73 Å². The summed E-state index contributed by atoms with van der Waals surface area (Å²) in [5.74, 6) is 0.452. The second-order valence-corrected chi connectivity index (χ2v) is 1.89. The highest BCUT2D eigenvalue weighted by Gasteiger charge is 1.92. The van der Waals surface area contributed by atoms with Crippen LogP contribution in [-0.4, -0.2) is 18.3 Å². The number of aromatic nitrogens is 1. The predicted octanol–water partition coefficient (Wildman–Crippen LogP) is 0.644. The van der Waals surface area contributed by atoms with Crippen LogP contribution >= 0.6 is 0 Å². The number of nitrogens with zero attached hydrogens (tertiary/aromatic N) is 2. The number of rotatable bonds is 2. The molecule has 0 spiro atoms. The summed E-state index contributed by atoms with van der Waals surface area (Å²) in [6, 6.07) is 3.60. The van der Waals surface area contributed by atoms with Crippen molar-refractivity contribution in [3.05, 3.63) is 23.9 Å². The second kappa shape index (κ2) is 3.55. The van der Waals surface area contributed by atoms with Crippen molar-refractivity contribution >= 4 is 12.0 Å². The first kappa shape index (κ1) is 7.53. The lowest BCUT2D eigenvalue weighted by atomic mass is 10.3. The van der Waals surface area contributed by atoms with Crippen LogP contribution in [0.3, 0.4) is 0 Å². The van der Waals surface area contributed by atoms with Crippen molar-refractivity contribution in [1.29, 1.82) is 0 Å². The van der Waals surface area contributed by atoms with E-state index in [-0.39, 0.29) is 0 Å². The monoisotopic (exact) mass is 151 g/mol. The lowest BCUT2D eigenvalue weighted by Crippen LogP contribution is -1.95. The minimum absolute atomic E-state index is 0.452. The molecule has 0 radical (unpaired) electrons. The van der Waals surface area contributed by atoms with Gasteiger partial charge < -0.3 is 10.6 Å². The third kappa shape index (κ3) is 1.93. The topological polar surface area (TPSA) is 60.5 Å². The maximum absolute atomic E-state index is 5.50. The minimum atomic E-state index is 0.452. The fourth-order valence-electron chi connectivity index (χ4n) is 0.649. The Labute approximate surface area is 64.7 Å². The molecule has 11 heavy (non-hydrogen) atoms. The zero-order valence-corrected chi connectivity index (χ0v) is 6.19. The van der Waals surface area contributed by atoms with Crippen LogP contribution in [0.25, 0.3) is 0 Å². The van der Waals surface area contributed by atoms with Gasteiger partial charge in [0.05, 0.1) is 6.21 Å². The van der Waals surface area contributed by atoms with E-state index in [0.29, 0.717) is 5.82 Å². The van der Waals surface area contributed by atoms with Crippen LogP contribution in [0.1, 0.15) is 5.56 Å². The molecule has 0 saturated heterocycles. The summed E-state index contributed by atoms with van der Waals surface area (Å²) in [7, 11) is 1.48. The Hall–Kier alpha value is -1.58. The molecular weight excluding hydrogens is 142 g/mol. The number of nitrogens with two attached hydrogens (primary N) is 1. The standard InChI is InChI=1S/C7H9N3O/c1-11-10-5-6-3-2-4-9-7(6)8/h2-5H,1H3,(H2,8,9)/b10-5+. The van der Waals surface area contributed by atoms with Gasteiger partial charge >= 0.3 is 0 Å². The summed E-state index contributed by atoms with van der Waals surface area (Å²) in [5, 5.41) is 3.56. The molecule has 1 aromatic rings. The maximum atomic E-state index is 5.50. The fraction of sp³-hybridized carbons (Fsp3) is 0.143. The lowest BCUT2D eigenvalue weighted by molar-refractivity contribution is 0.215. The average molecular weight is 151 g/mol. The van der Waals surface area contributed by atoms with E-state index in [1.807, 2.05) is 6.07 Å². The molecule has 0 aliphatic carbocycles. The van der Waals surface area contributed by atoms with Gasteiger partial charge in [-0.15, -0.1) is 0 Å². The third-order valence-corrected chi connectivity index (χ3v) is 1.17. The Balaban J connectivity index is 2.86. The Bertz CT molecular complexity index is 260. The Morgan fingerprint density at radius 2 is 2.55 bits per heavy atom. The highest BCUT2D eigenvalue weighted by Crippen LogP contribution is 2.02. The van der Waals surface area contributed by atoms with Crippen molar-refractivity contribution in [1.82, 2.24) is 4.98 Å². The summed E-state index contributed by atoms with van der Waals surface area (Å²) >= 11 is 0. The van der Waals surface area contributed by atoms with Crippen LogP contribution in [-0.2, 0) is 4.84 Å². The van der Waals surface area contributed by atoms with Gasteiger partial charge in [-0.2, -0.15) is 0 Å². The van der Waals surface area contributed by atoms with Gasteiger partial charge in [0.15, 0.2) is 0 Å². The molecule has 1 aromatic heterocycles. The molecule has 0 saturated carbocycles. The molecule has 1 heterocycles. The largest absolute Gasteiger partial charge is 0.399 e. The summed E-state index contributed by atoms with van der Waals surface area (Å²) in [6.45, 7) is 0. The van der Waals surface area contributed by atoms with E-state index in [1.165, 1.54) is 13.3 Å². The second-order valence-electron chi connectivity index (χ2n) is 1.89. The maximum Gasteiger partial charge on any atom is 0.132 e. The van der Waals surface area contributed by atoms with Gasteiger partial charge in [-0.1, -0.05) is 5.16 Å². The number of anilines is 1. The van der Waals surface area contributed by atoms with E-state index in [0.717, 1.165) is 5.56 Å². The molecule has 0 fully saturated rings. The molecule has 4 nitrogen and oxygen atoms in total. The molecule has 0 aromatic carbocycles. The SMILES string of the molecule is CO/N=C/c1cccnc1N. The van der Waals surface area contributed by atoms with Crippen LogP contribution in [0.5, 0.6) is 0 Å². The van der Waals surface area contributed by atoms with E-state index in [4.69, 9.17) is 5.73 Å². The lowest BCUT2D eigenvalue weighted by Gasteiger charge is -1.94. The van der Waals surface area contributed by atoms with E-state index < -0.39 is 0 Å². The fourth-order valence-corrected chi connectivity index (χ4v) is 0.649. The van der Waals surface area contributed by atoms with Crippen molar-refractivity contribution in [3.8, 4) is 0 Å². The number of hydrogen-bond acceptors (Lipinski definition) is 4. The number of nitrogen functional groups attached to an aromatic ring is 1. The highest BCUT2D eigenvalue weighted by molar-refractivity contribution is 5.84. The van der Waals surface area contributed by atoms with Gasteiger partial charge in [-0.25, -0.2) is 4.98 Å². The molecule has 0 atom stereocenters. The van der Waals surface area contributed by atoms with Gasteiger partial charge in [-0.3, -0.25) is 0 Å². The molecule has 2 N–H and O–H groups in total. The van der Waals surface area contributed by atoms with Crippen molar-refractivity contribution in [2.45, 2.75) is 0 Å². The van der Waals surface area contributed by atoms with Gasteiger partial charge in [0.1, 0.15) is 12.9 Å². The number of hydrogen-bond donors (Lipinski definition) is 1. The van der Waals surface area contributed by atoms with Gasteiger partial charge in [0.2, 0.25) is 0 Å². The van der Waals surface area contributed by atoms with E-state index >= 15 is 0 Å². The molecule has 0 amide bonds. The molecule has 1 rings (SSSR count). The number of pyridine rings is 1. The summed E-state index contributed by atoms with van der Waals surface area (Å²) in [5.41, 5.74) is 6.26. The van der Waals surface area contributed by atoms with Gasteiger partial charge in [0.25, 0.3) is 0 Å². The van der Waals surface area contributed by atoms with Crippen LogP contribution in [0.2, 0.25) is 0 Å². The first-order chi connectivity index (χ1) is 5.34. The quantitative estimate of drug-likeness (QED) is 0.498. The van der Waals surface area contributed by atoms with Crippen LogP contribution in [0, 0.1) is 0 Å². The molecule has 0 unspecified atom stereocenters. The van der Waals surface area contributed by atoms with E-state index in [2.05, 4.69) is 15.0 Å². The first-order valence-corrected chi connectivity index (χ1v) is 3.11. The van der Waals surface area contributed by atoms with E-state index in [9.17, 15) is 0 Å². The normalized spacial score (nSPS) is 10.3. The summed E-state index contributed by atoms with van der Waals surface area (Å²) < 4.78 is 0. The third-order valence-electron chi connectivity index (χ3n) is 1.17. The molecule has 0 aliphatic heterocycles. The Morgan fingerprint density at radius 3 is 3.18 bits per heavy atom. The summed E-state index contributed by atoms with van der Waals surface area (Å²) in [4.78, 5) is 8.35. The average Bonchev–Trinajstić information content (AvgIpc) is 2.03. The van der Waals surface area contributed by atoms with Gasteiger partial charge in [0, 0.05) is 11.8 Å². The van der Waals surface area contributed by atoms with Crippen molar-refractivity contribution in [3.63, 3.8) is 0 Å². The molecule has 0 aliphatic rings. The number of oxime groups is 1. The molecule has 4 heteroatoms. The predicted molar refractivity (Wildman–Crippen MR) is 43.3 cm³/mol. The minimum Gasteiger partial charge on any atom is -0.399 e. The zero-order chi connectivity index (χ0) is 8.10. The molecule has 58 valence electrons. The highest BCUT2D eigenvalue weighted by atomic mass is 16.6. The Kier molecular flexibility index (Phi) is 2.43. The first-order valence-electron chi connectivity index (χ1n) is 3.11. The van der Waals surface area contributed by atoms with E-state index in [1.54, 1.807) is 12.3 Å². The smallest absolute Gasteiger partial charge is 0.132 e. The van der Waals surface area contributed by atoms with Crippen molar-refractivity contribution in [2.24, 2.45) is 5.16 Å². The molecule has 0 bridgehead atoms. The Morgan fingerprint density at radius 1 is 1.73 bits per heavy atom. The van der Waals surface area contributed by atoms with Crippen LogP contribution in [0.4, 0.5) is 5.82 Å². The van der Waals surface area contributed by atoms with Crippen molar-refractivity contribution < 1.29 is 4.84 Å². The van der Waals surface area contributed by atoms with Crippen LogP contribution in [0.15, 0.2) is 23.5 Å².